The lowest BCUT2D eigenvalue weighted by molar-refractivity contribution is -0.118. The molecule has 5 nitrogen and oxygen atoms in total. The zero-order chi connectivity index (χ0) is 22.6. The number of nitrogens with one attached hydrogen (secondary N) is 1. The van der Waals surface area contributed by atoms with Gasteiger partial charge in [0.1, 0.15) is 6.61 Å². The molecule has 0 aromatic heterocycles. The Morgan fingerprint density at radius 3 is 2.56 bits per heavy atom. The van der Waals surface area contributed by atoms with Gasteiger partial charge in [0.15, 0.2) is 11.5 Å². The number of hydrogen-bond donors (Lipinski definition) is 1. The van der Waals surface area contributed by atoms with Crippen LogP contribution in [-0.4, -0.2) is 24.5 Å². The summed E-state index contributed by atoms with van der Waals surface area (Å²) in [6.45, 7) is 4.99. The van der Waals surface area contributed by atoms with Gasteiger partial charge in [-0.2, -0.15) is 5.10 Å². The Kier molecular flexibility index (Phi) is 9.20. The number of rotatable bonds is 11. The van der Waals surface area contributed by atoms with Crippen molar-refractivity contribution in [2.45, 2.75) is 26.2 Å². The number of amides is 1. The monoisotopic (exact) mass is 448 g/mol. The minimum Gasteiger partial charge on any atom is -0.490 e. The number of benzene rings is 3. The van der Waals surface area contributed by atoms with Crippen molar-refractivity contribution in [1.82, 2.24) is 5.43 Å². The summed E-state index contributed by atoms with van der Waals surface area (Å²) in [5.74, 6) is 2.33. The van der Waals surface area contributed by atoms with Gasteiger partial charge in [-0.15, -0.1) is 11.8 Å². The Balaban J connectivity index is 1.50. The third kappa shape index (κ3) is 7.46. The molecule has 0 aliphatic heterocycles. The Morgan fingerprint density at radius 1 is 1.00 bits per heavy atom. The van der Waals surface area contributed by atoms with E-state index in [4.69, 9.17) is 9.47 Å². The predicted molar refractivity (Wildman–Crippen MR) is 131 cm³/mol. The number of thioether (sulfide) groups is 1. The summed E-state index contributed by atoms with van der Waals surface area (Å²) >= 11 is 1.57. The Morgan fingerprint density at radius 2 is 1.78 bits per heavy atom. The van der Waals surface area contributed by atoms with Crippen LogP contribution < -0.4 is 14.9 Å². The molecule has 0 aliphatic carbocycles. The van der Waals surface area contributed by atoms with Gasteiger partial charge in [-0.3, -0.25) is 4.79 Å². The summed E-state index contributed by atoms with van der Waals surface area (Å²) < 4.78 is 11.6. The van der Waals surface area contributed by atoms with Crippen molar-refractivity contribution in [3.63, 3.8) is 0 Å². The maximum Gasteiger partial charge on any atom is 0.250 e. The second-order valence-corrected chi connectivity index (χ2v) is 8.11. The Bertz CT molecular complexity index is 1040. The van der Waals surface area contributed by atoms with Crippen LogP contribution in [0.2, 0.25) is 0 Å². The van der Waals surface area contributed by atoms with E-state index in [9.17, 15) is 4.79 Å². The number of aryl methyl sites for hydroxylation is 1. The number of hydrogen-bond acceptors (Lipinski definition) is 5. The minimum atomic E-state index is -0.132. The Hall–Kier alpha value is -3.25. The van der Waals surface area contributed by atoms with Gasteiger partial charge in [-0.1, -0.05) is 54.6 Å². The van der Waals surface area contributed by atoms with Crippen LogP contribution in [0.1, 0.15) is 29.2 Å². The largest absolute Gasteiger partial charge is 0.490 e. The summed E-state index contributed by atoms with van der Waals surface area (Å²) in [5.41, 5.74) is 6.96. The minimum absolute atomic E-state index is 0.132. The van der Waals surface area contributed by atoms with E-state index >= 15 is 0 Å². The molecule has 0 unspecified atom stereocenters. The molecule has 0 atom stereocenters. The molecule has 3 aromatic carbocycles. The number of ether oxygens (including phenoxy) is 2. The van der Waals surface area contributed by atoms with E-state index in [-0.39, 0.29) is 5.91 Å². The zero-order valence-electron chi connectivity index (χ0n) is 18.4. The first-order chi connectivity index (χ1) is 15.7. The van der Waals surface area contributed by atoms with Gasteiger partial charge in [0.05, 0.1) is 18.6 Å². The molecule has 6 heteroatoms. The third-order valence-electron chi connectivity index (χ3n) is 4.66. The zero-order valence-corrected chi connectivity index (χ0v) is 19.2. The van der Waals surface area contributed by atoms with Crippen LogP contribution in [-0.2, 0) is 17.2 Å². The molecule has 0 spiro atoms. The molecule has 3 rings (SSSR count). The van der Waals surface area contributed by atoms with Crippen LogP contribution in [0.5, 0.6) is 11.5 Å². The average Bonchev–Trinajstić information content (AvgIpc) is 2.81. The van der Waals surface area contributed by atoms with E-state index in [1.54, 1.807) is 18.0 Å². The van der Waals surface area contributed by atoms with Gasteiger partial charge in [0.25, 0.3) is 0 Å². The maximum absolute atomic E-state index is 12.1. The molecule has 0 radical (unpaired) electrons. The summed E-state index contributed by atoms with van der Waals surface area (Å²) in [6.07, 6.45) is 1.60. The Labute approximate surface area is 193 Å². The van der Waals surface area contributed by atoms with E-state index in [1.165, 1.54) is 11.1 Å². The second kappa shape index (κ2) is 12.6. The van der Waals surface area contributed by atoms with Crippen molar-refractivity contribution in [2.75, 3.05) is 12.4 Å². The molecule has 0 saturated carbocycles. The highest BCUT2D eigenvalue weighted by atomic mass is 32.2. The maximum atomic E-state index is 12.1. The van der Waals surface area contributed by atoms with E-state index in [2.05, 4.69) is 29.6 Å². The van der Waals surface area contributed by atoms with Gasteiger partial charge in [-0.05, 0) is 54.3 Å². The van der Waals surface area contributed by atoms with Crippen LogP contribution in [0.25, 0.3) is 0 Å². The molecule has 1 amide bonds. The smallest absolute Gasteiger partial charge is 0.250 e. The second-order valence-electron chi connectivity index (χ2n) is 7.13. The lowest BCUT2D eigenvalue weighted by atomic mass is 10.1. The SMILES string of the molecule is CCOc1cc(/C=N\NC(=O)CSCc2ccccc2C)ccc1OCc1ccccc1. The van der Waals surface area contributed by atoms with Crippen LogP contribution in [0.15, 0.2) is 77.9 Å². The van der Waals surface area contributed by atoms with Crippen LogP contribution in [0, 0.1) is 6.92 Å². The summed E-state index contributed by atoms with van der Waals surface area (Å²) in [7, 11) is 0. The van der Waals surface area contributed by atoms with Gasteiger partial charge in [-0.25, -0.2) is 5.43 Å². The first kappa shape index (κ1) is 23.4. The van der Waals surface area contributed by atoms with Crippen molar-refractivity contribution in [3.8, 4) is 11.5 Å². The number of carbonyl (C=O) groups excluding carboxylic acids is 1. The molecule has 3 aromatic rings. The van der Waals surface area contributed by atoms with Gasteiger partial charge < -0.3 is 9.47 Å². The molecule has 32 heavy (non-hydrogen) atoms. The van der Waals surface area contributed by atoms with Gasteiger partial charge >= 0.3 is 0 Å². The van der Waals surface area contributed by atoms with E-state index in [0.29, 0.717) is 30.5 Å². The van der Waals surface area contributed by atoms with Crippen LogP contribution in [0.4, 0.5) is 0 Å². The normalized spacial score (nSPS) is 10.8. The molecular formula is C26H28N2O3S. The van der Waals surface area contributed by atoms with Crippen LogP contribution in [0.3, 0.4) is 0 Å². The molecule has 0 heterocycles. The first-order valence-corrected chi connectivity index (χ1v) is 11.7. The standard InChI is InChI=1S/C26H28N2O3S/c1-3-30-25-15-22(13-14-24(25)31-17-21-10-5-4-6-11-21)16-27-28-26(29)19-32-18-23-12-8-7-9-20(23)2/h4-16H,3,17-19H2,1-2H3,(H,28,29)/b27-16-. The average molecular weight is 449 g/mol. The van der Waals surface area contributed by atoms with E-state index in [1.807, 2.05) is 67.6 Å². The molecule has 0 fully saturated rings. The predicted octanol–water partition coefficient (Wildman–Crippen LogP) is 5.36. The lowest BCUT2D eigenvalue weighted by Crippen LogP contribution is -2.19. The van der Waals surface area contributed by atoms with Gasteiger partial charge in [0.2, 0.25) is 5.91 Å². The number of nitrogens with zero attached hydrogens (tertiary/aromatic N) is 1. The first-order valence-electron chi connectivity index (χ1n) is 10.5. The third-order valence-corrected chi connectivity index (χ3v) is 5.64. The topological polar surface area (TPSA) is 59.9 Å². The molecule has 0 bridgehead atoms. The lowest BCUT2D eigenvalue weighted by Gasteiger charge is -2.12. The number of carbonyl (C=O) groups is 1. The van der Waals surface area contributed by atoms with Crippen molar-refractivity contribution < 1.29 is 14.3 Å². The van der Waals surface area contributed by atoms with Gasteiger partial charge in [0, 0.05) is 5.75 Å². The van der Waals surface area contributed by atoms with E-state index < -0.39 is 0 Å². The molecule has 0 saturated heterocycles. The fourth-order valence-corrected chi connectivity index (χ4v) is 3.86. The highest BCUT2D eigenvalue weighted by Gasteiger charge is 2.07. The van der Waals surface area contributed by atoms with Crippen molar-refractivity contribution in [1.29, 1.82) is 0 Å². The van der Waals surface area contributed by atoms with E-state index in [0.717, 1.165) is 16.9 Å². The fourth-order valence-electron chi connectivity index (χ4n) is 2.96. The fraction of sp³-hybridized carbons (Fsp3) is 0.231. The molecule has 0 aliphatic rings. The molecule has 166 valence electrons. The number of hydrazone groups is 1. The molecular weight excluding hydrogens is 420 g/mol. The highest BCUT2D eigenvalue weighted by Crippen LogP contribution is 2.29. The quantitative estimate of drug-likeness (QED) is 0.317. The van der Waals surface area contributed by atoms with Crippen molar-refractivity contribution in [2.24, 2.45) is 5.10 Å². The summed E-state index contributed by atoms with van der Waals surface area (Å²) in [6, 6.07) is 23.8. The highest BCUT2D eigenvalue weighted by molar-refractivity contribution is 7.99. The summed E-state index contributed by atoms with van der Waals surface area (Å²) in [4.78, 5) is 12.1. The van der Waals surface area contributed by atoms with Crippen molar-refractivity contribution in [3.05, 3.63) is 95.1 Å². The summed E-state index contributed by atoms with van der Waals surface area (Å²) in [5, 5.41) is 4.07. The van der Waals surface area contributed by atoms with Crippen LogP contribution >= 0.6 is 11.8 Å². The van der Waals surface area contributed by atoms with Crippen molar-refractivity contribution >= 4 is 23.9 Å². The molecule has 1 N–H and O–H groups in total.